The zero-order valence-corrected chi connectivity index (χ0v) is 18.7. The van der Waals surface area contributed by atoms with Crippen LogP contribution in [-0.2, 0) is 4.74 Å². The molecule has 2 N–H and O–H groups in total. The summed E-state index contributed by atoms with van der Waals surface area (Å²) in [4.78, 5) is 21.6. The van der Waals surface area contributed by atoms with Crippen molar-refractivity contribution in [2.75, 3.05) is 44.9 Å². The smallest absolute Gasteiger partial charge is 0.270 e. The first-order chi connectivity index (χ1) is 16.7. The van der Waals surface area contributed by atoms with Crippen LogP contribution in [-0.4, -0.2) is 60.5 Å². The highest BCUT2D eigenvalue weighted by Crippen LogP contribution is 2.19. The lowest BCUT2D eigenvalue weighted by molar-refractivity contribution is 0.0358. The van der Waals surface area contributed by atoms with E-state index < -0.39 is 5.56 Å². The maximum absolute atomic E-state index is 12.3. The van der Waals surface area contributed by atoms with Crippen LogP contribution in [0, 0.1) is 11.3 Å². The Morgan fingerprint density at radius 1 is 1.21 bits per heavy atom. The van der Waals surface area contributed by atoms with E-state index in [0.717, 1.165) is 50.6 Å². The van der Waals surface area contributed by atoms with Gasteiger partial charge in [-0.2, -0.15) is 10.4 Å². The Balaban J connectivity index is 1.36. The molecule has 9 heteroatoms. The maximum Gasteiger partial charge on any atom is 0.270 e. The summed E-state index contributed by atoms with van der Waals surface area (Å²) in [7, 11) is 0. The second-order valence-corrected chi connectivity index (χ2v) is 7.71. The average Bonchev–Trinajstić information content (AvgIpc) is 2.88. The Morgan fingerprint density at radius 3 is 2.82 bits per heavy atom. The number of ether oxygens (including phenoxy) is 2. The number of hydrazone groups is 1. The molecular formula is C25H26N6O3. The fraction of sp³-hybridized carbons (Fsp3) is 0.280. The molecule has 0 saturated carbocycles. The van der Waals surface area contributed by atoms with Gasteiger partial charge in [0.2, 0.25) is 5.95 Å². The van der Waals surface area contributed by atoms with Gasteiger partial charge in [-0.05, 0) is 24.1 Å². The van der Waals surface area contributed by atoms with Crippen LogP contribution < -0.4 is 15.7 Å². The lowest BCUT2D eigenvalue weighted by atomic mass is 10.1. The van der Waals surface area contributed by atoms with Crippen LogP contribution in [0.1, 0.15) is 17.5 Å². The molecule has 0 aliphatic carbocycles. The molecule has 1 fully saturated rings. The van der Waals surface area contributed by atoms with Crippen LogP contribution in [0.3, 0.4) is 0 Å². The van der Waals surface area contributed by atoms with Crippen molar-refractivity contribution >= 4 is 12.2 Å². The van der Waals surface area contributed by atoms with Crippen molar-refractivity contribution in [2.45, 2.75) is 6.42 Å². The molecule has 2 aromatic carbocycles. The third-order valence-corrected chi connectivity index (χ3v) is 5.31. The van der Waals surface area contributed by atoms with Gasteiger partial charge in [-0.25, -0.2) is 10.4 Å². The number of hydrogen-bond donors (Lipinski definition) is 2. The summed E-state index contributed by atoms with van der Waals surface area (Å²) in [6, 6.07) is 18.6. The zero-order valence-electron chi connectivity index (χ0n) is 18.7. The van der Waals surface area contributed by atoms with E-state index in [1.807, 2.05) is 48.5 Å². The van der Waals surface area contributed by atoms with Gasteiger partial charge in [-0.15, -0.1) is 0 Å². The van der Waals surface area contributed by atoms with Crippen LogP contribution in [0.4, 0.5) is 5.95 Å². The van der Waals surface area contributed by atoms with Gasteiger partial charge in [0.15, 0.2) is 0 Å². The molecule has 0 bridgehead atoms. The van der Waals surface area contributed by atoms with E-state index in [-0.39, 0.29) is 11.5 Å². The van der Waals surface area contributed by atoms with Gasteiger partial charge in [0.1, 0.15) is 17.4 Å². The van der Waals surface area contributed by atoms with Crippen molar-refractivity contribution in [3.8, 4) is 23.1 Å². The number of anilines is 1. The number of morpholine rings is 1. The first-order valence-corrected chi connectivity index (χ1v) is 11.1. The SMILES string of the molecule is N#Cc1c(-c2ccccc2)nc(NN=Cc2cccc(OCCCN3CCOCC3)c2)[nH]c1=O. The molecule has 174 valence electrons. The fourth-order valence-electron chi connectivity index (χ4n) is 3.59. The summed E-state index contributed by atoms with van der Waals surface area (Å²) < 4.78 is 11.2. The van der Waals surface area contributed by atoms with Gasteiger partial charge in [0, 0.05) is 25.2 Å². The molecule has 9 nitrogen and oxygen atoms in total. The molecule has 0 radical (unpaired) electrons. The van der Waals surface area contributed by atoms with Crippen molar-refractivity contribution in [1.29, 1.82) is 5.26 Å². The standard InChI is InChI=1S/C25H26N6O3/c26-17-22-23(20-7-2-1-3-8-20)28-25(29-24(22)32)30-27-18-19-6-4-9-21(16-19)34-13-5-10-31-11-14-33-15-12-31/h1-4,6-9,16,18H,5,10-15H2,(H2,28,29,30,32). The molecule has 1 aromatic heterocycles. The van der Waals surface area contributed by atoms with E-state index in [2.05, 4.69) is 25.4 Å². The number of nitriles is 1. The first kappa shape index (κ1) is 23.2. The van der Waals surface area contributed by atoms with E-state index in [1.165, 1.54) is 0 Å². The Labute approximate surface area is 197 Å². The Hall–Kier alpha value is -4.00. The number of nitrogens with zero attached hydrogens (tertiary/aromatic N) is 4. The van der Waals surface area contributed by atoms with Crippen LogP contribution >= 0.6 is 0 Å². The summed E-state index contributed by atoms with van der Waals surface area (Å²) in [5.74, 6) is 0.914. The van der Waals surface area contributed by atoms with E-state index in [9.17, 15) is 10.1 Å². The van der Waals surface area contributed by atoms with Gasteiger partial charge < -0.3 is 9.47 Å². The maximum atomic E-state index is 12.3. The highest BCUT2D eigenvalue weighted by molar-refractivity contribution is 5.80. The first-order valence-electron chi connectivity index (χ1n) is 11.1. The number of H-pyrrole nitrogens is 1. The Morgan fingerprint density at radius 2 is 2.03 bits per heavy atom. The Bertz CT molecular complexity index is 1210. The molecule has 3 aromatic rings. The summed E-state index contributed by atoms with van der Waals surface area (Å²) in [6.45, 7) is 5.19. The van der Waals surface area contributed by atoms with Gasteiger partial charge >= 0.3 is 0 Å². The van der Waals surface area contributed by atoms with Gasteiger partial charge in [0.05, 0.1) is 31.7 Å². The molecule has 0 spiro atoms. The quantitative estimate of drug-likeness (QED) is 0.288. The van der Waals surface area contributed by atoms with Crippen LogP contribution in [0.25, 0.3) is 11.3 Å². The van der Waals surface area contributed by atoms with Gasteiger partial charge in [-0.3, -0.25) is 14.7 Å². The molecule has 1 saturated heterocycles. The minimum Gasteiger partial charge on any atom is -0.494 e. The van der Waals surface area contributed by atoms with Crippen molar-refractivity contribution in [3.63, 3.8) is 0 Å². The van der Waals surface area contributed by atoms with E-state index in [0.29, 0.717) is 17.9 Å². The number of rotatable bonds is 9. The van der Waals surface area contributed by atoms with Crippen molar-refractivity contribution in [2.24, 2.45) is 5.10 Å². The lowest BCUT2D eigenvalue weighted by Gasteiger charge is -2.26. The summed E-state index contributed by atoms with van der Waals surface area (Å²) >= 11 is 0. The molecule has 34 heavy (non-hydrogen) atoms. The largest absolute Gasteiger partial charge is 0.494 e. The lowest BCUT2D eigenvalue weighted by Crippen LogP contribution is -2.37. The highest BCUT2D eigenvalue weighted by Gasteiger charge is 2.13. The molecule has 1 aliphatic rings. The van der Waals surface area contributed by atoms with Gasteiger partial charge in [0.25, 0.3) is 5.56 Å². The highest BCUT2D eigenvalue weighted by atomic mass is 16.5. The number of aromatic nitrogens is 2. The molecule has 1 aliphatic heterocycles. The van der Waals surface area contributed by atoms with Gasteiger partial charge in [-0.1, -0.05) is 42.5 Å². The number of hydrogen-bond acceptors (Lipinski definition) is 8. The molecule has 0 atom stereocenters. The molecule has 4 rings (SSSR count). The molecule has 0 amide bonds. The summed E-state index contributed by atoms with van der Waals surface area (Å²) in [5, 5.41) is 13.5. The van der Waals surface area contributed by atoms with E-state index >= 15 is 0 Å². The number of nitrogens with one attached hydrogen (secondary N) is 2. The third kappa shape index (κ3) is 6.28. The topological polar surface area (TPSA) is 116 Å². The molecule has 0 unspecified atom stereocenters. The second kappa shape index (κ2) is 11.7. The van der Waals surface area contributed by atoms with E-state index in [4.69, 9.17) is 9.47 Å². The second-order valence-electron chi connectivity index (χ2n) is 7.71. The van der Waals surface area contributed by atoms with Crippen LogP contribution in [0.5, 0.6) is 5.75 Å². The minimum absolute atomic E-state index is 0.0424. The minimum atomic E-state index is -0.526. The summed E-state index contributed by atoms with van der Waals surface area (Å²) in [6.07, 6.45) is 2.56. The third-order valence-electron chi connectivity index (χ3n) is 5.31. The molecule has 2 heterocycles. The monoisotopic (exact) mass is 458 g/mol. The zero-order chi connectivity index (χ0) is 23.6. The van der Waals surface area contributed by atoms with Crippen LogP contribution in [0.2, 0.25) is 0 Å². The predicted octanol–water partition coefficient (Wildman–Crippen LogP) is 2.86. The van der Waals surface area contributed by atoms with Crippen molar-refractivity contribution in [1.82, 2.24) is 14.9 Å². The van der Waals surface area contributed by atoms with E-state index in [1.54, 1.807) is 18.3 Å². The predicted molar refractivity (Wildman–Crippen MR) is 130 cm³/mol. The molecular weight excluding hydrogens is 432 g/mol. The summed E-state index contributed by atoms with van der Waals surface area (Å²) in [5.41, 5.74) is 3.98. The van der Waals surface area contributed by atoms with Crippen molar-refractivity contribution in [3.05, 3.63) is 76.1 Å². The fourth-order valence-corrected chi connectivity index (χ4v) is 3.59. The average molecular weight is 459 g/mol. The number of benzene rings is 2. The normalized spacial score (nSPS) is 14.1. The van der Waals surface area contributed by atoms with Crippen LogP contribution in [0.15, 0.2) is 64.5 Å². The number of aromatic amines is 1. The van der Waals surface area contributed by atoms with Crippen molar-refractivity contribution < 1.29 is 9.47 Å². The Kier molecular flexibility index (Phi) is 8.00.